The minimum Gasteiger partial charge on any atom is -0.497 e. The summed E-state index contributed by atoms with van der Waals surface area (Å²) in [6.45, 7) is 7.30. The highest BCUT2D eigenvalue weighted by atomic mass is 32.2. The van der Waals surface area contributed by atoms with Crippen molar-refractivity contribution in [2.75, 3.05) is 18.0 Å². The first-order chi connectivity index (χ1) is 22.0. The van der Waals surface area contributed by atoms with Gasteiger partial charge in [0.25, 0.3) is 10.0 Å². The Labute approximate surface area is 273 Å². The van der Waals surface area contributed by atoms with Crippen molar-refractivity contribution in [3.8, 4) is 5.75 Å². The topological polar surface area (TPSA) is 96.0 Å². The smallest absolute Gasteiger partial charge is 0.264 e. The molecule has 242 valence electrons. The first-order valence-electron chi connectivity index (χ1n) is 15.4. The van der Waals surface area contributed by atoms with Gasteiger partial charge in [-0.1, -0.05) is 73.7 Å². The van der Waals surface area contributed by atoms with Crippen LogP contribution < -0.4 is 14.4 Å². The van der Waals surface area contributed by atoms with Crippen LogP contribution in [0.5, 0.6) is 5.75 Å². The molecule has 0 aromatic heterocycles. The Balaban J connectivity index is 1.83. The number of anilines is 1. The molecule has 8 nitrogen and oxygen atoms in total. The number of benzene rings is 4. The van der Waals surface area contributed by atoms with Gasteiger partial charge in [-0.15, -0.1) is 0 Å². The van der Waals surface area contributed by atoms with Gasteiger partial charge in [-0.3, -0.25) is 13.9 Å². The van der Waals surface area contributed by atoms with Crippen molar-refractivity contribution in [2.45, 2.75) is 64.1 Å². The minimum absolute atomic E-state index is 0.0631. The largest absolute Gasteiger partial charge is 0.497 e. The number of rotatable bonds is 14. The second-order valence-corrected chi connectivity index (χ2v) is 13.4. The number of aryl methyl sites for hydroxylation is 2. The quantitative estimate of drug-likeness (QED) is 0.181. The van der Waals surface area contributed by atoms with E-state index in [9.17, 15) is 18.0 Å². The third-order valence-corrected chi connectivity index (χ3v) is 9.94. The molecular formula is C37H43N3O5S. The van der Waals surface area contributed by atoms with Crippen LogP contribution >= 0.6 is 0 Å². The van der Waals surface area contributed by atoms with Gasteiger partial charge in [0.05, 0.1) is 17.7 Å². The van der Waals surface area contributed by atoms with Crippen LogP contribution in [0.4, 0.5) is 5.69 Å². The van der Waals surface area contributed by atoms with Crippen LogP contribution in [0.1, 0.15) is 42.5 Å². The summed E-state index contributed by atoms with van der Waals surface area (Å²) < 4.78 is 34.9. The van der Waals surface area contributed by atoms with Crippen LogP contribution in [0.3, 0.4) is 0 Å². The summed E-state index contributed by atoms with van der Waals surface area (Å²) >= 11 is 0. The molecule has 0 spiro atoms. The highest BCUT2D eigenvalue weighted by Gasteiger charge is 2.35. The lowest BCUT2D eigenvalue weighted by Crippen LogP contribution is -2.54. The molecule has 0 heterocycles. The molecule has 4 rings (SSSR count). The molecule has 1 N–H and O–H groups in total. The second-order valence-electron chi connectivity index (χ2n) is 11.5. The summed E-state index contributed by atoms with van der Waals surface area (Å²) in [5, 5.41) is 3.06. The summed E-state index contributed by atoms with van der Waals surface area (Å²) in [7, 11) is -2.59. The van der Waals surface area contributed by atoms with Crippen molar-refractivity contribution in [2.24, 2.45) is 0 Å². The number of carbonyl (C=O) groups excluding carboxylic acids is 2. The molecule has 0 bridgehead atoms. The SMILES string of the molecule is CC[C@H](C)NC(=O)[C@@H](Cc1ccccc1)N(Cc1cccc(OC)c1)C(=O)CN(c1ccc(C)c(C)c1)S(=O)(=O)c1ccccc1. The molecule has 0 aliphatic rings. The van der Waals surface area contributed by atoms with Crippen LogP contribution in [0, 0.1) is 13.8 Å². The molecule has 0 fully saturated rings. The van der Waals surface area contributed by atoms with E-state index in [0.29, 0.717) is 17.9 Å². The van der Waals surface area contributed by atoms with Crippen molar-refractivity contribution in [3.05, 3.63) is 125 Å². The molecule has 0 saturated heterocycles. The second kappa shape index (κ2) is 15.6. The highest BCUT2D eigenvalue weighted by Crippen LogP contribution is 2.27. The van der Waals surface area contributed by atoms with Crippen LogP contribution in [0.25, 0.3) is 0 Å². The Morgan fingerprint density at radius 2 is 1.48 bits per heavy atom. The maximum atomic E-state index is 14.6. The van der Waals surface area contributed by atoms with E-state index in [1.54, 1.807) is 43.5 Å². The lowest BCUT2D eigenvalue weighted by atomic mass is 10.0. The van der Waals surface area contributed by atoms with Crippen LogP contribution in [-0.2, 0) is 32.6 Å². The number of sulfonamides is 1. The number of hydrogen-bond donors (Lipinski definition) is 1. The number of methoxy groups -OCH3 is 1. The van der Waals surface area contributed by atoms with Crippen LogP contribution in [0.2, 0.25) is 0 Å². The Morgan fingerprint density at radius 1 is 0.826 bits per heavy atom. The van der Waals surface area contributed by atoms with Crippen LogP contribution in [0.15, 0.2) is 108 Å². The fourth-order valence-electron chi connectivity index (χ4n) is 5.09. The van der Waals surface area contributed by atoms with E-state index in [1.165, 1.54) is 17.0 Å². The monoisotopic (exact) mass is 641 g/mol. The van der Waals surface area contributed by atoms with Gasteiger partial charge in [-0.2, -0.15) is 0 Å². The summed E-state index contributed by atoms with van der Waals surface area (Å²) in [6.07, 6.45) is 0.956. The number of nitrogens with zero attached hydrogens (tertiary/aromatic N) is 2. The summed E-state index contributed by atoms with van der Waals surface area (Å²) in [6, 6.07) is 29.2. The summed E-state index contributed by atoms with van der Waals surface area (Å²) in [5.74, 6) is -0.212. The van der Waals surface area contributed by atoms with E-state index in [0.717, 1.165) is 26.6 Å². The summed E-state index contributed by atoms with van der Waals surface area (Å²) in [4.78, 5) is 30.1. The van der Waals surface area contributed by atoms with Crippen molar-refractivity contribution in [1.82, 2.24) is 10.2 Å². The molecule has 0 radical (unpaired) electrons. The predicted octanol–water partition coefficient (Wildman–Crippen LogP) is 6.06. The highest BCUT2D eigenvalue weighted by molar-refractivity contribution is 7.92. The zero-order valence-corrected chi connectivity index (χ0v) is 28.0. The maximum absolute atomic E-state index is 14.6. The number of hydrogen-bond acceptors (Lipinski definition) is 5. The Hall–Kier alpha value is -4.63. The van der Waals surface area contributed by atoms with Gasteiger partial charge in [0.15, 0.2) is 0 Å². The lowest BCUT2D eigenvalue weighted by molar-refractivity contribution is -0.140. The lowest BCUT2D eigenvalue weighted by Gasteiger charge is -2.34. The first kappa shape index (κ1) is 34.2. The van der Waals surface area contributed by atoms with E-state index < -0.39 is 28.5 Å². The standard InChI is InChI=1S/C37H43N3O5S/c1-6-29(4)38-37(42)35(24-30-14-9-7-10-15-30)39(25-31-16-13-17-33(23-31)45-5)36(41)26-40(32-21-20-27(2)28(3)22-32)46(43,44)34-18-11-8-12-19-34/h7-23,29,35H,6,24-26H2,1-5H3,(H,38,42)/t29-,35+/m0/s1. The van der Waals surface area contributed by atoms with E-state index >= 15 is 0 Å². The zero-order chi connectivity index (χ0) is 33.3. The van der Waals surface area contributed by atoms with Crippen molar-refractivity contribution >= 4 is 27.5 Å². The predicted molar refractivity (Wildman–Crippen MR) is 182 cm³/mol. The van der Waals surface area contributed by atoms with Gasteiger partial charge in [-0.05, 0) is 85.8 Å². The van der Waals surface area contributed by atoms with E-state index in [-0.39, 0.29) is 29.8 Å². The maximum Gasteiger partial charge on any atom is 0.264 e. The van der Waals surface area contributed by atoms with Gasteiger partial charge in [0, 0.05) is 19.0 Å². The van der Waals surface area contributed by atoms with Crippen molar-refractivity contribution in [3.63, 3.8) is 0 Å². The van der Waals surface area contributed by atoms with Crippen molar-refractivity contribution < 1.29 is 22.7 Å². The average Bonchev–Trinajstić information content (AvgIpc) is 3.07. The Bertz CT molecular complexity index is 1730. The van der Waals surface area contributed by atoms with E-state index in [4.69, 9.17) is 4.74 Å². The average molecular weight is 642 g/mol. The number of amides is 2. The van der Waals surface area contributed by atoms with Gasteiger partial charge in [0.2, 0.25) is 11.8 Å². The minimum atomic E-state index is -4.16. The summed E-state index contributed by atoms with van der Waals surface area (Å²) in [5.41, 5.74) is 3.87. The van der Waals surface area contributed by atoms with Crippen molar-refractivity contribution in [1.29, 1.82) is 0 Å². The van der Waals surface area contributed by atoms with E-state index in [1.807, 2.05) is 82.3 Å². The molecule has 0 unspecified atom stereocenters. The molecular weight excluding hydrogens is 598 g/mol. The normalized spacial score (nSPS) is 12.5. The zero-order valence-electron chi connectivity index (χ0n) is 27.1. The fourth-order valence-corrected chi connectivity index (χ4v) is 6.52. The molecule has 9 heteroatoms. The number of ether oxygens (including phenoxy) is 1. The van der Waals surface area contributed by atoms with Crippen LogP contribution in [-0.4, -0.2) is 50.9 Å². The third kappa shape index (κ3) is 8.54. The molecule has 4 aromatic carbocycles. The van der Waals surface area contributed by atoms with Gasteiger partial charge >= 0.3 is 0 Å². The fraction of sp³-hybridized carbons (Fsp3) is 0.297. The number of carbonyl (C=O) groups is 2. The van der Waals surface area contributed by atoms with E-state index in [2.05, 4.69) is 5.32 Å². The number of nitrogens with one attached hydrogen (secondary N) is 1. The molecule has 4 aromatic rings. The molecule has 2 atom stereocenters. The molecule has 0 saturated carbocycles. The third-order valence-electron chi connectivity index (χ3n) is 8.15. The molecule has 2 amide bonds. The molecule has 0 aliphatic heterocycles. The Morgan fingerprint density at radius 3 is 2.11 bits per heavy atom. The Kier molecular flexibility index (Phi) is 11.6. The van der Waals surface area contributed by atoms with Gasteiger partial charge in [-0.25, -0.2) is 8.42 Å². The van der Waals surface area contributed by atoms with Gasteiger partial charge < -0.3 is 15.0 Å². The first-order valence-corrected chi connectivity index (χ1v) is 16.9. The molecule has 0 aliphatic carbocycles. The van der Waals surface area contributed by atoms with Gasteiger partial charge in [0.1, 0.15) is 18.3 Å². The molecule has 46 heavy (non-hydrogen) atoms.